The minimum absolute atomic E-state index is 0.235. The molecule has 5 N–H and O–H groups in total. The molecule has 0 saturated carbocycles. The topological polar surface area (TPSA) is 196 Å². The largest absolute Gasteiger partial charge is 0.399 e. The van der Waals surface area contributed by atoms with Crippen molar-refractivity contribution >= 4 is 0 Å². The van der Waals surface area contributed by atoms with E-state index in [0.717, 1.165) is 13.0 Å². The molecular formula is C34H71N3O14. The van der Waals surface area contributed by atoms with E-state index >= 15 is 0 Å². The average Bonchev–Trinajstić information content (AvgIpc) is 3.12. The number of ether oxygens (including phenoxy) is 13. The van der Waals surface area contributed by atoms with Gasteiger partial charge in [-0.15, -0.1) is 0 Å². The maximum absolute atomic E-state index is 8.84. The number of aliphatic hydroxyl groups excluding tert-OH is 1. The third kappa shape index (κ3) is 44.8. The number of hydrogen-bond donors (Lipinski definition) is 3. The van der Waals surface area contributed by atoms with Gasteiger partial charge in [0.1, 0.15) is 0 Å². The van der Waals surface area contributed by atoms with Crippen LogP contribution in [0.5, 0.6) is 0 Å². The van der Waals surface area contributed by atoms with Crippen LogP contribution in [0.2, 0.25) is 0 Å². The molecule has 0 unspecified atom stereocenters. The maximum Gasteiger partial charge on any atom is 0.0840 e. The number of rotatable bonds is 44. The van der Waals surface area contributed by atoms with Gasteiger partial charge in [-0.1, -0.05) is 13.8 Å². The minimum Gasteiger partial charge on any atom is -0.399 e. The summed E-state index contributed by atoms with van der Waals surface area (Å²) in [7, 11) is 0. The predicted octanol–water partition coefficient (Wildman–Crippen LogP) is 0.216. The molecule has 0 saturated heterocycles. The normalized spacial score (nSPS) is 12.1. The quantitative estimate of drug-likeness (QED) is 0.0435. The summed E-state index contributed by atoms with van der Waals surface area (Å²) in [6, 6.07) is 0. The van der Waals surface area contributed by atoms with Gasteiger partial charge in [-0.3, -0.25) is 0 Å². The van der Waals surface area contributed by atoms with Crippen LogP contribution in [0.3, 0.4) is 0 Å². The Kier molecular flexibility index (Phi) is 42.1. The van der Waals surface area contributed by atoms with Crippen molar-refractivity contribution < 1.29 is 66.7 Å². The van der Waals surface area contributed by atoms with Gasteiger partial charge < -0.3 is 77.4 Å². The molecule has 0 radical (unpaired) electrons. The van der Waals surface area contributed by atoms with Crippen LogP contribution >= 0.6 is 0 Å². The number of hydrogen-bond acceptors (Lipinski definition) is 17. The van der Waals surface area contributed by atoms with Crippen LogP contribution in [0.15, 0.2) is 11.9 Å². The van der Waals surface area contributed by atoms with Gasteiger partial charge in [0.05, 0.1) is 184 Å². The fourth-order valence-corrected chi connectivity index (χ4v) is 3.55. The van der Waals surface area contributed by atoms with Crippen LogP contribution in [0.4, 0.5) is 0 Å². The molecule has 0 amide bonds. The van der Waals surface area contributed by atoms with E-state index in [0.29, 0.717) is 183 Å². The zero-order valence-corrected chi connectivity index (χ0v) is 31.5. The summed E-state index contributed by atoms with van der Waals surface area (Å²) in [6.07, 6.45) is 2.54. The highest BCUT2D eigenvalue weighted by Crippen LogP contribution is 1.98. The Morgan fingerprint density at radius 2 is 0.647 bits per heavy atom. The summed E-state index contributed by atoms with van der Waals surface area (Å²) in [4.78, 5) is 0. The van der Waals surface area contributed by atoms with Crippen molar-refractivity contribution in [1.29, 1.82) is 0 Å². The molecule has 0 rings (SSSR count). The Bertz CT molecular complexity index is 701. The first-order chi connectivity index (χ1) is 25.1. The minimum atomic E-state index is -0.235. The predicted molar refractivity (Wildman–Crippen MR) is 190 cm³/mol. The highest BCUT2D eigenvalue weighted by Gasteiger charge is 1.99. The van der Waals surface area contributed by atoms with E-state index in [1.54, 1.807) is 0 Å². The fourth-order valence-electron chi connectivity index (χ4n) is 3.55. The zero-order chi connectivity index (χ0) is 37.1. The van der Waals surface area contributed by atoms with Crippen molar-refractivity contribution in [2.75, 3.05) is 185 Å². The number of nitrogens with zero attached hydrogens (tertiary/aromatic N) is 1. The summed E-state index contributed by atoms with van der Waals surface area (Å²) >= 11 is 0. The second kappa shape index (κ2) is 43.1. The Balaban J connectivity index is 3.10. The van der Waals surface area contributed by atoms with E-state index in [2.05, 4.69) is 13.8 Å². The van der Waals surface area contributed by atoms with Gasteiger partial charge in [-0.25, -0.2) is 5.84 Å². The van der Waals surface area contributed by atoms with Crippen molar-refractivity contribution in [3.8, 4) is 0 Å². The summed E-state index contributed by atoms with van der Waals surface area (Å²) in [5.74, 6) is 6.34. The fraction of sp³-hybridized carbons (Fsp3) is 0.941. The molecule has 17 heteroatoms. The molecule has 0 aromatic heterocycles. The van der Waals surface area contributed by atoms with Gasteiger partial charge >= 0.3 is 0 Å². The van der Waals surface area contributed by atoms with Crippen LogP contribution in [0, 0.1) is 5.92 Å². The first-order valence-corrected chi connectivity index (χ1v) is 18.1. The maximum atomic E-state index is 8.84. The van der Waals surface area contributed by atoms with Crippen molar-refractivity contribution in [3.63, 3.8) is 0 Å². The van der Waals surface area contributed by atoms with E-state index in [-0.39, 0.29) is 6.61 Å². The van der Waals surface area contributed by atoms with Crippen LogP contribution in [0.25, 0.3) is 0 Å². The highest BCUT2D eigenvalue weighted by atomic mass is 16.6. The van der Waals surface area contributed by atoms with E-state index in [1.165, 1.54) is 11.2 Å². The van der Waals surface area contributed by atoms with Crippen LogP contribution in [-0.2, 0) is 61.6 Å². The van der Waals surface area contributed by atoms with Gasteiger partial charge in [0.15, 0.2) is 0 Å². The zero-order valence-electron chi connectivity index (χ0n) is 31.5. The summed E-state index contributed by atoms with van der Waals surface area (Å²) in [5, 5.41) is 10.2. The molecule has 0 aromatic carbocycles. The smallest absolute Gasteiger partial charge is 0.0840 e. The first-order valence-electron chi connectivity index (χ1n) is 18.1. The van der Waals surface area contributed by atoms with Gasteiger partial charge in [-0.2, -0.15) is 0 Å². The molecule has 0 aliphatic heterocycles. The molecule has 0 aliphatic carbocycles. The van der Waals surface area contributed by atoms with Crippen LogP contribution in [-0.4, -0.2) is 195 Å². The molecule has 0 aromatic rings. The van der Waals surface area contributed by atoms with E-state index in [1.807, 2.05) is 0 Å². The molecule has 0 atom stereocenters. The summed E-state index contributed by atoms with van der Waals surface area (Å²) in [6.45, 7) is 18.0. The number of hydrazine groups is 1. The van der Waals surface area contributed by atoms with E-state index in [9.17, 15) is 0 Å². The third-order valence-electron chi connectivity index (χ3n) is 6.31. The molecule has 0 bridgehead atoms. The first kappa shape index (κ1) is 49.7. The Morgan fingerprint density at radius 1 is 0.431 bits per heavy atom. The molecule has 0 aliphatic rings. The van der Waals surface area contributed by atoms with Gasteiger partial charge in [0, 0.05) is 12.8 Å². The van der Waals surface area contributed by atoms with Crippen molar-refractivity contribution in [2.24, 2.45) is 17.5 Å². The van der Waals surface area contributed by atoms with E-state index in [4.69, 9.17) is 78.3 Å². The van der Waals surface area contributed by atoms with Crippen molar-refractivity contribution in [1.82, 2.24) is 5.01 Å². The van der Waals surface area contributed by atoms with Crippen molar-refractivity contribution in [2.45, 2.75) is 20.3 Å². The lowest BCUT2D eigenvalue weighted by Crippen LogP contribution is -2.30. The van der Waals surface area contributed by atoms with Gasteiger partial charge in [-0.05, 0) is 12.3 Å². The highest BCUT2D eigenvalue weighted by molar-refractivity contribution is 4.94. The third-order valence-corrected chi connectivity index (χ3v) is 6.31. The molecule has 306 valence electrons. The molecule has 0 heterocycles. The Labute approximate surface area is 306 Å². The lowest BCUT2D eigenvalue weighted by Gasteiger charge is -2.14. The second-order valence-corrected chi connectivity index (χ2v) is 11.2. The lowest BCUT2D eigenvalue weighted by molar-refractivity contribution is -0.0291. The Morgan fingerprint density at radius 3 is 0.863 bits per heavy atom. The second-order valence-electron chi connectivity index (χ2n) is 11.2. The average molecular weight is 746 g/mol. The molecule has 17 nitrogen and oxygen atoms in total. The van der Waals surface area contributed by atoms with Gasteiger partial charge in [0.25, 0.3) is 0 Å². The van der Waals surface area contributed by atoms with E-state index < -0.39 is 0 Å². The number of nitrogens with two attached hydrogens (primary N) is 2. The lowest BCUT2D eigenvalue weighted by atomic mass is 10.1. The monoisotopic (exact) mass is 745 g/mol. The Hall–Kier alpha value is -1.26. The summed E-state index contributed by atoms with van der Waals surface area (Å²) < 4.78 is 71.1. The standard InChI is InChI=1S/C34H71N3O14/c1-33(2)3-5-39-7-9-41-11-13-43-15-17-45-19-21-47-23-25-49-27-29-51-30-28-50-26-24-48-22-20-46-18-16-44-14-12-42-10-8-40-6-4-37(36)31-34(35)32-38/h31,33,38H,3-30,32,35-36H2,1-2H3/b34-31-. The summed E-state index contributed by atoms with van der Waals surface area (Å²) in [5.41, 5.74) is 5.77. The number of aliphatic hydroxyl groups is 1. The van der Waals surface area contributed by atoms with Gasteiger partial charge in [0.2, 0.25) is 0 Å². The molecular weight excluding hydrogens is 674 g/mol. The molecule has 51 heavy (non-hydrogen) atoms. The van der Waals surface area contributed by atoms with Crippen LogP contribution < -0.4 is 11.6 Å². The van der Waals surface area contributed by atoms with Crippen LogP contribution in [0.1, 0.15) is 20.3 Å². The molecule has 0 fully saturated rings. The van der Waals surface area contributed by atoms with Crippen molar-refractivity contribution in [3.05, 3.63) is 11.9 Å². The SMILES string of the molecule is CC(C)CCOCCOCCOCCOCCOCCOCCOCCOCCOCCOCCOCCOCCOCCN(N)/C=C(\N)CO. The molecule has 0 spiro atoms.